The lowest BCUT2D eigenvalue weighted by Crippen LogP contribution is -1.61. The van der Waals surface area contributed by atoms with E-state index in [2.05, 4.69) is 17.1 Å². The molecule has 1 nitrogen and oxygen atoms in total. The minimum Gasteiger partial charge on any atom is -0.234 e. The topological polar surface area (TPSA) is 12.9 Å². The first-order chi connectivity index (χ1) is 3.43. The quantitative estimate of drug-likeness (QED) is 0.535. The molecule has 0 amide bonds. The molecule has 0 atom stereocenters. The second-order valence-corrected chi connectivity index (χ2v) is 1.72. The number of hydrogen-bond donors (Lipinski definition) is 0. The van der Waals surface area contributed by atoms with Crippen LogP contribution in [0.5, 0.6) is 0 Å². The van der Waals surface area contributed by atoms with Crippen LogP contribution >= 0.6 is 11.3 Å². The fourth-order valence-electron chi connectivity index (χ4n) is 0.286. The van der Waals surface area contributed by atoms with Crippen molar-refractivity contribution in [3.63, 3.8) is 0 Å². The van der Waals surface area contributed by atoms with Crippen molar-refractivity contribution in [2.75, 3.05) is 0 Å². The molecule has 0 aliphatic heterocycles. The van der Waals surface area contributed by atoms with E-state index in [4.69, 9.17) is 0 Å². The summed E-state index contributed by atoms with van der Waals surface area (Å²) >= 11 is 1.46. The molecule has 0 spiro atoms. The Morgan fingerprint density at radius 2 is 2.86 bits per heavy atom. The van der Waals surface area contributed by atoms with Gasteiger partial charge in [-0.2, -0.15) is 0 Å². The van der Waals surface area contributed by atoms with Gasteiger partial charge in [0.25, 0.3) is 0 Å². The van der Waals surface area contributed by atoms with E-state index in [1.807, 2.05) is 5.38 Å². The molecule has 0 aromatic carbocycles. The molecular weight excluding hydrogens is 106 g/mol. The Morgan fingerprint density at radius 1 is 2.00 bits per heavy atom. The van der Waals surface area contributed by atoms with Crippen LogP contribution in [-0.2, 0) is 0 Å². The van der Waals surface area contributed by atoms with E-state index in [1.54, 1.807) is 6.08 Å². The molecule has 0 aliphatic rings. The predicted molar refractivity (Wildman–Crippen MR) is 31.0 cm³/mol. The Balaban J connectivity index is 2.96. The van der Waals surface area contributed by atoms with Gasteiger partial charge in [-0.15, -0.1) is 11.3 Å². The van der Waals surface area contributed by atoms with Gasteiger partial charge in [-0.25, -0.2) is 4.98 Å². The van der Waals surface area contributed by atoms with E-state index in [0.717, 1.165) is 5.69 Å². The van der Waals surface area contributed by atoms with Crippen LogP contribution in [0.4, 0.5) is 0 Å². The van der Waals surface area contributed by atoms with Crippen molar-refractivity contribution in [2.45, 2.75) is 0 Å². The van der Waals surface area contributed by atoms with Crippen LogP contribution in [0.2, 0.25) is 0 Å². The van der Waals surface area contributed by atoms with Crippen molar-refractivity contribution in [1.82, 2.24) is 4.98 Å². The lowest BCUT2D eigenvalue weighted by Gasteiger charge is -1.69. The van der Waals surface area contributed by atoms with Crippen molar-refractivity contribution in [3.8, 4) is 0 Å². The predicted octanol–water partition coefficient (Wildman–Crippen LogP) is 1.59. The monoisotopic (exact) mass is 110 g/mol. The van der Waals surface area contributed by atoms with Gasteiger partial charge >= 0.3 is 0 Å². The normalized spacial score (nSPS) is 8.57. The zero-order valence-electron chi connectivity index (χ0n) is 3.72. The Bertz CT molecular complexity index is 143. The summed E-state index contributed by atoms with van der Waals surface area (Å²) in [4.78, 5) is 3.81. The summed E-state index contributed by atoms with van der Waals surface area (Å²) < 4.78 is 0. The summed E-state index contributed by atoms with van der Waals surface area (Å²) in [6.07, 6.45) is 1.70. The Hall–Kier alpha value is -0.630. The molecule has 0 saturated heterocycles. The molecule has 1 aromatic heterocycles. The maximum Gasteiger partial charge on any atom is 0.152 e. The van der Waals surface area contributed by atoms with Crippen molar-refractivity contribution < 1.29 is 0 Å². The highest BCUT2D eigenvalue weighted by Gasteiger charge is 1.81. The summed E-state index contributed by atoms with van der Waals surface area (Å²) in [6.45, 7) is 3.53. The van der Waals surface area contributed by atoms with E-state index in [0.29, 0.717) is 0 Å². The van der Waals surface area contributed by atoms with Crippen molar-refractivity contribution >= 4 is 17.4 Å². The maximum absolute atomic E-state index is 3.81. The van der Waals surface area contributed by atoms with E-state index >= 15 is 0 Å². The van der Waals surface area contributed by atoms with Gasteiger partial charge in [-0.1, -0.05) is 6.58 Å². The minimum absolute atomic E-state index is 0.907. The van der Waals surface area contributed by atoms with Gasteiger partial charge in [-0.3, -0.25) is 0 Å². The van der Waals surface area contributed by atoms with E-state index in [1.165, 1.54) is 11.3 Å². The van der Waals surface area contributed by atoms with Gasteiger partial charge in [0.05, 0.1) is 5.69 Å². The van der Waals surface area contributed by atoms with Crippen molar-refractivity contribution in [2.24, 2.45) is 0 Å². The van der Waals surface area contributed by atoms with Crippen LogP contribution in [0.3, 0.4) is 0 Å². The zero-order valence-corrected chi connectivity index (χ0v) is 4.53. The van der Waals surface area contributed by atoms with Gasteiger partial charge < -0.3 is 0 Å². The molecule has 0 bridgehead atoms. The molecule has 1 aromatic rings. The minimum atomic E-state index is 0.907. The van der Waals surface area contributed by atoms with Gasteiger partial charge in [-0.05, 0) is 6.08 Å². The van der Waals surface area contributed by atoms with Crippen LogP contribution in [-0.4, -0.2) is 4.98 Å². The molecule has 0 fully saturated rings. The Labute approximate surface area is 46.3 Å². The first-order valence-electron chi connectivity index (χ1n) is 1.87. The summed E-state index contributed by atoms with van der Waals surface area (Å²) in [5.74, 6) is 0. The van der Waals surface area contributed by atoms with Crippen molar-refractivity contribution in [1.29, 1.82) is 0 Å². The molecule has 1 radical (unpaired) electrons. The lowest BCUT2D eigenvalue weighted by molar-refractivity contribution is 1.37. The van der Waals surface area contributed by atoms with Crippen LogP contribution in [0.25, 0.3) is 6.08 Å². The second kappa shape index (κ2) is 1.89. The van der Waals surface area contributed by atoms with Gasteiger partial charge in [0.15, 0.2) is 5.51 Å². The summed E-state index contributed by atoms with van der Waals surface area (Å²) in [6, 6.07) is 0. The van der Waals surface area contributed by atoms with Gasteiger partial charge in [0.1, 0.15) is 0 Å². The number of rotatable bonds is 1. The standard InChI is InChI=1S/C5H4NS/c1-2-5-3-7-4-6-5/h2-3H,1H2. The smallest absolute Gasteiger partial charge is 0.152 e. The highest BCUT2D eigenvalue weighted by Crippen LogP contribution is 1.99. The van der Waals surface area contributed by atoms with E-state index in [9.17, 15) is 0 Å². The van der Waals surface area contributed by atoms with Crippen molar-refractivity contribution in [3.05, 3.63) is 23.2 Å². The van der Waals surface area contributed by atoms with Gasteiger partial charge in [0.2, 0.25) is 0 Å². The highest BCUT2D eigenvalue weighted by atomic mass is 32.1. The average molecular weight is 110 g/mol. The third-order valence-electron chi connectivity index (χ3n) is 0.616. The number of aromatic nitrogens is 1. The molecular formula is C5H4NS. The van der Waals surface area contributed by atoms with E-state index < -0.39 is 0 Å². The van der Waals surface area contributed by atoms with Crippen LogP contribution in [0, 0.1) is 5.51 Å². The highest BCUT2D eigenvalue weighted by molar-refractivity contribution is 7.07. The first-order valence-corrected chi connectivity index (χ1v) is 2.75. The van der Waals surface area contributed by atoms with Crippen LogP contribution in [0.15, 0.2) is 12.0 Å². The summed E-state index contributed by atoms with van der Waals surface area (Å²) in [5, 5.41) is 1.90. The summed E-state index contributed by atoms with van der Waals surface area (Å²) in [7, 11) is 0. The number of nitrogens with zero attached hydrogens (tertiary/aromatic N) is 1. The molecule has 1 heterocycles. The zero-order chi connectivity index (χ0) is 5.11. The molecule has 0 unspecified atom stereocenters. The average Bonchev–Trinajstić information content (AvgIpc) is 2.14. The van der Waals surface area contributed by atoms with Crippen LogP contribution in [0.1, 0.15) is 5.69 Å². The molecule has 35 valence electrons. The molecule has 0 N–H and O–H groups in total. The SMILES string of the molecule is C=Cc1cs[c]n1. The fourth-order valence-corrected chi connectivity index (χ4v) is 0.766. The van der Waals surface area contributed by atoms with Gasteiger partial charge in [0, 0.05) is 5.38 Å². The third kappa shape index (κ3) is 0.871. The first kappa shape index (κ1) is 4.53. The molecule has 1 rings (SSSR count). The molecule has 0 aliphatic carbocycles. The molecule has 0 saturated carbocycles. The molecule has 2 heteroatoms. The number of thiazole rings is 1. The molecule has 7 heavy (non-hydrogen) atoms. The van der Waals surface area contributed by atoms with Crippen LogP contribution < -0.4 is 0 Å². The largest absolute Gasteiger partial charge is 0.234 e. The Morgan fingerprint density at radius 3 is 3.14 bits per heavy atom. The third-order valence-corrected chi connectivity index (χ3v) is 1.17. The second-order valence-electron chi connectivity index (χ2n) is 1.07. The lowest BCUT2D eigenvalue weighted by atomic mass is 10.5. The Kier molecular flexibility index (Phi) is 1.22. The fraction of sp³-hybridized carbons (Fsp3) is 0. The maximum atomic E-state index is 3.81. The van der Waals surface area contributed by atoms with E-state index in [-0.39, 0.29) is 0 Å². The number of hydrogen-bond acceptors (Lipinski definition) is 2. The summed E-state index contributed by atoms with van der Waals surface area (Å²) in [5.41, 5.74) is 3.61.